The summed E-state index contributed by atoms with van der Waals surface area (Å²) in [5.41, 5.74) is 4.73. The number of hydrazone groups is 1. The van der Waals surface area contributed by atoms with Crippen LogP contribution in [0.4, 0.5) is 0 Å². The molecule has 8 nitrogen and oxygen atoms in total. The van der Waals surface area contributed by atoms with Gasteiger partial charge in [-0.05, 0) is 89.7 Å². The molecule has 0 unspecified atom stereocenters. The van der Waals surface area contributed by atoms with Crippen molar-refractivity contribution in [2.75, 3.05) is 27.4 Å². The maximum Gasteiger partial charge on any atom is 0.150 e. The van der Waals surface area contributed by atoms with Gasteiger partial charge < -0.3 is 25.2 Å². The average molecular weight is 580 g/mol. The molecule has 0 aromatic heterocycles. The fourth-order valence-electron chi connectivity index (χ4n) is 3.94. The number of methoxy groups -OCH3 is 2. The number of aliphatic hydroxyl groups excluding tert-OH is 1. The van der Waals surface area contributed by atoms with Crippen molar-refractivity contribution in [3.63, 3.8) is 0 Å². The fraction of sp³-hybridized carbons (Fsp3) is 0.171. The van der Waals surface area contributed by atoms with Gasteiger partial charge in [0.2, 0.25) is 0 Å². The lowest BCUT2D eigenvalue weighted by molar-refractivity contribution is 0.112. The van der Waals surface area contributed by atoms with Crippen LogP contribution >= 0.6 is 0 Å². The number of nitrogens with zero attached hydrogens (tertiary/aromatic N) is 2. The molecule has 0 saturated heterocycles. The molecule has 0 fully saturated rings. The highest BCUT2D eigenvalue weighted by Crippen LogP contribution is 2.23. The molecule has 0 aliphatic heterocycles. The molecule has 0 bridgehead atoms. The van der Waals surface area contributed by atoms with Crippen LogP contribution in [0.15, 0.2) is 113 Å². The van der Waals surface area contributed by atoms with Gasteiger partial charge in [0, 0.05) is 11.8 Å². The monoisotopic (exact) mass is 579 g/mol. The minimum Gasteiger partial charge on any atom is -0.508 e. The Balaban J connectivity index is 1.50. The third-order valence-electron chi connectivity index (χ3n) is 6.24. The average Bonchev–Trinajstić information content (AvgIpc) is 3.04. The van der Waals surface area contributed by atoms with Crippen molar-refractivity contribution in [1.82, 2.24) is 0 Å². The van der Waals surface area contributed by atoms with Crippen LogP contribution in [0, 0.1) is 0 Å². The van der Waals surface area contributed by atoms with Crippen LogP contribution in [0.2, 0.25) is 0 Å². The van der Waals surface area contributed by atoms with Crippen molar-refractivity contribution in [2.45, 2.75) is 12.8 Å². The van der Waals surface area contributed by atoms with Gasteiger partial charge in [0.1, 0.15) is 35.9 Å². The minimum atomic E-state index is 0.0765. The Labute approximate surface area is 252 Å². The Kier molecular flexibility index (Phi) is 13.0. The van der Waals surface area contributed by atoms with E-state index in [0.717, 1.165) is 34.5 Å². The van der Waals surface area contributed by atoms with Crippen LogP contribution < -0.4 is 20.1 Å². The molecule has 0 heterocycles. The van der Waals surface area contributed by atoms with Crippen molar-refractivity contribution in [2.24, 2.45) is 15.9 Å². The standard InChI is InChI=1S/C35H37N3O5/c1-26(7-8-27-5-4-6-34(22-27)41-2)21-32(40)16-10-28-9-13-30(35(23-28)42-3)14-15-31(38-36)24-37-19-20-43-33-17-11-29(25-39)12-18-33/h4-13,16-18,21-25,40H,1,14-15,19-20,36H2,2-3H3/b8-7+,16-10+,32-21-,37-24?,38-31-. The maximum absolute atomic E-state index is 10.7. The first kappa shape index (κ1) is 32.1. The summed E-state index contributed by atoms with van der Waals surface area (Å²) in [7, 11) is 3.25. The van der Waals surface area contributed by atoms with Crippen LogP contribution in [0.1, 0.15) is 33.5 Å². The van der Waals surface area contributed by atoms with Gasteiger partial charge in [-0.25, -0.2) is 0 Å². The molecule has 0 atom stereocenters. The molecule has 0 aliphatic carbocycles. The van der Waals surface area contributed by atoms with Gasteiger partial charge in [-0.15, -0.1) is 0 Å². The van der Waals surface area contributed by atoms with Crippen LogP contribution in [-0.2, 0) is 6.42 Å². The lowest BCUT2D eigenvalue weighted by atomic mass is 10.0. The number of aldehydes is 1. The predicted octanol–water partition coefficient (Wildman–Crippen LogP) is 6.64. The van der Waals surface area contributed by atoms with E-state index < -0.39 is 0 Å². The Morgan fingerprint density at radius 1 is 0.930 bits per heavy atom. The highest BCUT2D eigenvalue weighted by Gasteiger charge is 2.06. The van der Waals surface area contributed by atoms with E-state index in [4.69, 9.17) is 20.1 Å². The number of aryl methyl sites for hydroxylation is 1. The number of aliphatic imine (C=N–C) groups is 1. The fourth-order valence-corrected chi connectivity index (χ4v) is 3.94. The summed E-state index contributed by atoms with van der Waals surface area (Å²) in [6, 6.07) is 20.4. The number of carbonyl (C=O) groups excluding carboxylic acids is 1. The van der Waals surface area contributed by atoms with Crippen molar-refractivity contribution < 1.29 is 24.1 Å². The minimum absolute atomic E-state index is 0.0765. The maximum atomic E-state index is 10.7. The zero-order valence-electron chi connectivity index (χ0n) is 24.5. The molecule has 0 amide bonds. The zero-order valence-corrected chi connectivity index (χ0v) is 24.5. The number of benzene rings is 3. The van der Waals surface area contributed by atoms with E-state index in [1.54, 1.807) is 62.9 Å². The number of nitrogens with two attached hydrogens (primary N) is 1. The molecule has 0 aliphatic rings. The summed E-state index contributed by atoms with van der Waals surface area (Å²) < 4.78 is 16.5. The lowest BCUT2D eigenvalue weighted by Gasteiger charge is -2.09. The van der Waals surface area contributed by atoms with E-state index in [1.807, 2.05) is 54.6 Å². The zero-order chi connectivity index (χ0) is 30.9. The van der Waals surface area contributed by atoms with Gasteiger partial charge in [0.15, 0.2) is 0 Å². The SMILES string of the molecule is C=C(/C=C(O)/C=C/c1ccc(CC/C(C=NCCOc2ccc(C=O)cc2)=N/N)c(OC)c1)/C=C/c1cccc(OC)c1. The number of ether oxygens (including phenoxy) is 3. The van der Waals surface area contributed by atoms with E-state index in [-0.39, 0.29) is 5.76 Å². The molecule has 3 aromatic carbocycles. The van der Waals surface area contributed by atoms with Gasteiger partial charge in [0.05, 0.1) is 26.5 Å². The molecule has 3 N–H and O–H groups in total. The van der Waals surface area contributed by atoms with Crippen molar-refractivity contribution in [1.29, 1.82) is 0 Å². The summed E-state index contributed by atoms with van der Waals surface area (Å²) in [5.74, 6) is 7.82. The molecular formula is C35H37N3O5. The molecule has 0 radical (unpaired) electrons. The first-order chi connectivity index (χ1) is 20.9. The molecule has 0 spiro atoms. The van der Waals surface area contributed by atoms with Crippen LogP contribution in [0.25, 0.3) is 12.2 Å². The molecule has 8 heteroatoms. The van der Waals surface area contributed by atoms with E-state index in [1.165, 1.54) is 0 Å². The van der Waals surface area contributed by atoms with Crippen LogP contribution in [0.5, 0.6) is 17.2 Å². The van der Waals surface area contributed by atoms with E-state index in [9.17, 15) is 9.90 Å². The van der Waals surface area contributed by atoms with E-state index >= 15 is 0 Å². The largest absolute Gasteiger partial charge is 0.508 e. The highest BCUT2D eigenvalue weighted by atomic mass is 16.5. The summed E-state index contributed by atoms with van der Waals surface area (Å²) in [6.45, 7) is 4.80. The number of carbonyl (C=O) groups is 1. The van der Waals surface area contributed by atoms with Gasteiger partial charge in [-0.2, -0.15) is 5.10 Å². The lowest BCUT2D eigenvalue weighted by Crippen LogP contribution is -2.08. The summed E-state index contributed by atoms with van der Waals surface area (Å²) in [5, 5.41) is 14.2. The second-order valence-electron chi connectivity index (χ2n) is 9.35. The summed E-state index contributed by atoms with van der Waals surface area (Å²) in [6.07, 6.45) is 12.4. The topological polar surface area (TPSA) is 116 Å². The van der Waals surface area contributed by atoms with Gasteiger partial charge in [-0.1, -0.05) is 49.1 Å². The van der Waals surface area contributed by atoms with Crippen molar-refractivity contribution in [3.8, 4) is 17.2 Å². The Hall–Kier alpha value is -5.37. The molecule has 0 saturated carbocycles. The van der Waals surface area contributed by atoms with E-state index in [2.05, 4.69) is 16.7 Å². The quantitative estimate of drug-likeness (QED) is 0.0374. The third-order valence-corrected chi connectivity index (χ3v) is 6.24. The predicted molar refractivity (Wildman–Crippen MR) is 175 cm³/mol. The normalized spacial score (nSPS) is 12.2. The van der Waals surface area contributed by atoms with Gasteiger partial charge in [-0.3, -0.25) is 9.79 Å². The van der Waals surface area contributed by atoms with E-state index in [0.29, 0.717) is 48.6 Å². The highest BCUT2D eigenvalue weighted by molar-refractivity contribution is 6.30. The summed E-state index contributed by atoms with van der Waals surface area (Å²) in [4.78, 5) is 15.1. The number of hydrogen-bond acceptors (Lipinski definition) is 8. The molecule has 3 aromatic rings. The van der Waals surface area contributed by atoms with Gasteiger partial charge >= 0.3 is 0 Å². The molecular weight excluding hydrogens is 542 g/mol. The number of aliphatic hydroxyl groups is 1. The Morgan fingerprint density at radius 2 is 1.67 bits per heavy atom. The Morgan fingerprint density at radius 3 is 2.40 bits per heavy atom. The second-order valence-corrected chi connectivity index (χ2v) is 9.35. The van der Waals surface area contributed by atoms with Crippen molar-refractivity contribution in [3.05, 3.63) is 125 Å². The van der Waals surface area contributed by atoms with Crippen molar-refractivity contribution >= 4 is 30.4 Å². The second kappa shape index (κ2) is 17.4. The van der Waals surface area contributed by atoms with Crippen LogP contribution in [-0.4, -0.2) is 50.7 Å². The number of rotatable bonds is 16. The Bertz CT molecular complexity index is 1520. The third kappa shape index (κ3) is 11.2. The molecule has 222 valence electrons. The number of hydrogen-bond donors (Lipinski definition) is 2. The van der Waals surface area contributed by atoms with Gasteiger partial charge in [0.25, 0.3) is 0 Å². The molecule has 3 rings (SSSR count). The first-order valence-corrected chi connectivity index (χ1v) is 13.7. The number of allylic oxidation sites excluding steroid dienone is 4. The van der Waals surface area contributed by atoms with Crippen LogP contribution in [0.3, 0.4) is 0 Å². The smallest absolute Gasteiger partial charge is 0.150 e. The first-order valence-electron chi connectivity index (χ1n) is 13.7. The summed E-state index contributed by atoms with van der Waals surface area (Å²) >= 11 is 0. The molecule has 43 heavy (non-hydrogen) atoms.